The van der Waals surface area contributed by atoms with Gasteiger partial charge in [0.15, 0.2) is 6.29 Å². The summed E-state index contributed by atoms with van der Waals surface area (Å²) in [5.41, 5.74) is 2.17. The molecule has 0 amide bonds. The highest BCUT2D eigenvalue weighted by molar-refractivity contribution is 5.72. The van der Waals surface area contributed by atoms with Crippen molar-refractivity contribution < 1.29 is 4.79 Å². The second-order valence-corrected chi connectivity index (χ2v) is 5.54. The van der Waals surface area contributed by atoms with Gasteiger partial charge in [0.2, 0.25) is 0 Å². The van der Waals surface area contributed by atoms with Crippen molar-refractivity contribution in [2.75, 3.05) is 0 Å². The van der Waals surface area contributed by atoms with Crippen LogP contribution in [0.3, 0.4) is 0 Å². The van der Waals surface area contributed by atoms with E-state index in [2.05, 4.69) is 24.5 Å². The van der Waals surface area contributed by atoms with E-state index in [1.165, 1.54) is 37.8 Å². The number of hydrogen-bond donors (Lipinski definition) is 0. The van der Waals surface area contributed by atoms with E-state index in [0.717, 1.165) is 24.3 Å². The summed E-state index contributed by atoms with van der Waals surface area (Å²) < 4.78 is 2.20. The first-order valence-electron chi connectivity index (χ1n) is 6.87. The summed E-state index contributed by atoms with van der Waals surface area (Å²) in [5, 5.41) is 0. The van der Waals surface area contributed by atoms with Crippen molar-refractivity contribution in [3.05, 3.63) is 23.5 Å². The standard InChI is InChI=1S/C15H23NO/c1-12(2)16-14(8-9-15(16)11-17)10-13-6-4-3-5-7-13/h8-9,11-13H,3-7,10H2,1-2H3. The molecule has 2 rings (SSSR count). The summed E-state index contributed by atoms with van der Waals surface area (Å²) in [4.78, 5) is 11.0. The first-order chi connectivity index (χ1) is 8.22. The van der Waals surface area contributed by atoms with E-state index >= 15 is 0 Å². The van der Waals surface area contributed by atoms with Crippen molar-refractivity contribution in [1.82, 2.24) is 4.57 Å². The molecule has 1 aromatic heterocycles. The molecular weight excluding hydrogens is 210 g/mol. The molecule has 0 atom stereocenters. The van der Waals surface area contributed by atoms with Crippen LogP contribution < -0.4 is 0 Å². The molecule has 17 heavy (non-hydrogen) atoms. The average Bonchev–Trinajstić information content (AvgIpc) is 2.73. The van der Waals surface area contributed by atoms with Crippen LogP contribution in [0.5, 0.6) is 0 Å². The molecule has 1 aliphatic carbocycles. The Bertz CT molecular complexity index is 372. The van der Waals surface area contributed by atoms with Crippen molar-refractivity contribution in [2.24, 2.45) is 5.92 Å². The van der Waals surface area contributed by atoms with Gasteiger partial charge in [-0.05, 0) is 38.3 Å². The Balaban J connectivity index is 2.14. The lowest BCUT2D eigenvalue weighted by Gasteiger charge is -2.23. The molecule has 1 aliphatic rings. The van der Waals surface area contributed by atoms with Crippen LogP contribution in [0.4, 0.5) is 0 Å². The molecule has 0 spiro atoms. The van der Waals surface area contributed by atoms with Crippen molar-refractivity contribution in [1.29, 1.82) is 0 Å². The molecular formula is C15H23NO. The third kappa shape index (κ3) is 2.80. The van der Waals surface area contributed by atoms with Gasteiger partial charge in [-0.3, -0.25) is 4.79 Å². The maximum absolute atomic E-state index is 11.0. The van der Waals surface area contributed by atoms with Gasteiger partial charge < -0.3 is 4.57 Å². The zero-order valence-electron chi connectivity index (χ0n) is 11.0. The molecule has 0 aliphatic heterocycles. The zero-order chi connectivity index (χ0) is 12.3. The average molecular weight is 233 g/mol. The Morgan fingerprint density at radius 2 is 2.00 bits per heavy atom. The Morgan fingerprint density at radius 3 is 2.59 bits per heavy atom. The minimum absolute atomic E-state index is 0.379. The first-order valence-corrected chi connectivity index (χ1v) is 6.87. The van der Waals surface area contributed by atoms with Crippen LogP contribution in [0.15, 0.2) is 12.1 Å². The number of hydrogen-bond acceptors (Lipinski definition) is 1. The fourth-order valence-corrected chi connectivity index (χ4v) is 3.09. The molecule has 0 unspecified atom stereocenters. The minimum atomic E-state index is 0.379. The molecule has 0 aromatic carbocycles. The van der Waals surface area contributed by atoms with Crippen LogP contribution in [-0.4, -0.2) is 10.9 Å². The molecule has 0 bridgehead atoms. The first kappa shape index (κ1) is 12.4. The molecule has 2 heteroatoms. The van der Waals surface area contributed by atoms with Crippen molar-refractivity contribution in [3.63, 3.8) is 0 Å². The summed E-state index contributed by atoms with van der Waals surface area (Å²) in [7, 11) is 0. The molecule has 1 saturated carbocycles. The van der Waals surface area contributed by atoms with Gasteiger partial charge in [0.1, 0.15) is 0 Å². The van der Waals surface area contributed by atoms with E-state index in [-0.39, 0.29) is 0 Å². The zero-order valence-corrected chi connectivity index (χ0v) is 11.0. The summed E-state index contributed by atoms with van der Waals surface area (Å²) in [6, 6.07) is 4.48. The molecule has 94 valence electrons. The maximum Gasteiger partial charge on any atom is 0.166 e. The van der Waals surface area contributed by atoms with Crippen LogP contribution in [0.25, 0.3) is 0 Å². The number of aldehydes is 1. The van der Waals surface area contributed by atoms with Crippen LogP contribution in [-0.2, 0) is 6.42 Å². The van der Waals surface area contributed by atoms with E-state index in [9.17, 15) is 4.79 Å². The normalized spacial score (nSPS) is 17.6. The van der Waals surface area contributed by atoms with E-state index in [4.69, 9.17) is 0 Å². The topological polar surface area (TPSA) is 22.0 Å². The third-order valence-electron chi connectivity index (χ3n) is 3.89. The van der Waals surface area contributed by atoms with Gasteiger partial charge in [0, 0.05) is 11.7 Å². The molecule has 1 aromatic rings. The summed E-state index contributed by atoms with van der Waals surface area (Å²) in [6.07, 6.45) is 9.01. The lowest BCUT2D eigenvalue weighted by molar-refractivity contribution is 0.111. The van der Waals surface area contributed by atoms with Crippen molar-refractivity contribution >= 4 is 6.29 Å². The summed E-state index contributed by atoms with van der Waals surface area (Å²) >= 11 is 0. The van der Waals surface area contributed by atoms with Crippen LogP contribution in [0, 0.1) is 5.92 Å². The lowest BCUT2D eigenvalue weighted by atomic mass is 9.86. The molecule has 0 N–H and O–H groups in total. The maximum atomic E-state index is 11.0. The quantitative estimate of drug-likeness (QED) is 0.720. The number of carbonyl (C=O) groups excluding carboxylic acids is 1. The monoisotopic (exact) mass is 233 g/mol. The largest absolute Gasteiger partial charge is 0.340 e. The van der Waals surface area contributed by atoms with Crippen molar-refractivity contribution in [2.45, 2.75) is 58.4 Å². The van der Waals surface area contributed by atoms with Crippen LogP contribution in [0.2, 0.25) is 0 Å². The lowest BCUT2D eigenvalue weighted by Crippen LogP contribution is -2.15. The van der Waals surface area contributed by atoms with Crippen molar-refractivity contribution in [3.8, 4) is 0 Å². The van der Waals surface area contributed by atoms with Gasteiger partial charge >= 0.3 is 0 Å². The fourth-order valence-electron chi connectivity index (χ4n) is 3.09. The molecule has 0 saturated heterocycles. The number of carbonyl (C=O) groups is 1. The summed E-state index contributed by atoms with van der Waals surface area (Å²) in [5.74, 6) is 0.829. The van der Waals surface area contributed by atoms with E-state index in [1.807, 2.05) is 6.07 Å². The predicted octanol–water partition coefficient (Wildman–Crippen LogP) is 4.00. The van der Waals surface area contributed by atoms with Gasteiger partial charge in [-0.15, -0.1) is 0 Å². The Morgan fingerprint density at radius 1 is 1.29 bits per heavy atom. The number of nitrogens with zero attached hydrogens (tertiary/aromatic N) is 1. The fraction of sp³-hybridized carbons (Fsp3) is 0.667. The highest BCUT2D eigenvalue weighted by Gasteiger charge is 2.17. The van der Waals surface area contributed by atoms with E-state index in [1.54, 1.807) is 0 Å². The molecule has 0 radical (unpaired) electrons. The highest BCUT2D eigenvalue weighted by atomic mass is 16.1. The van der Waals surface area contributed by atoms with E-state index in [0.29, 0.717) is 6.04 Å². The Labute approximate surface area is 104 Å². The summed E-state index contributed by atoms with van der Waals surface area (Å²) in [6.45, 7) is 4.30. The molecule has 2 nitrogen and oxygen atoms in total. The highest BCUT2D eigenvalue weighted by Crippen LogP contribution is 2.28. The number of rotatable bonds is 4. The van der Waals surface area contributed by atoms with Gasteiger partial charge in [0.05, 0.1) is 5.69 Å². The van der Waals surface area contributed by atoms with Gasteiger partial charge in [-0.1, -0.05) is 32.1 Å². The smallest absolute Gasteiger partial charge is 0.166 e. The second kappa shape index (κ2) is 5.52. The third-order valence-corrected chi connectivity index (χ3v) is 3.89. The van der Waals surface area contributed by atoms with Gasteiger partial charge in [0.25, 0.3) is 0 Å². The molecule has 1 fully saturated rings. The van der Waals surface area contributed by atoms with E-state index < -0.39 is 0 Å². The van der Waals surface area contributed by atoms with Crippen LogP contribution >= 0.6 is 0 Å². The SMILES string of the molecule is CC(C)n1c(C=O)ccc1CC1CCCCC1. The van der Waals surface area contributed by atoms with Gasteiger partial charge in [-0.25, -0.2) is 0 Å². The van der Waals surface area contributed by atoms with Crippen LogP contribution in [0.1, 0.15) is 68.2 Å². The number of aromatic nitrogens is 1. The predicted molar refractivity (Wildman–Crippen MR) is 70.5 cm³/mol. The Hall–Kier alpha value is -1.05. The minimum Gasteiger partial charge on any atom is -0.340 e. The molecule has 1 heterocycles. The second-order valence-electron chi connectivity index (χ2n) is 5.54. The Kier molecular flexibility index (Phi) is 4.03. The van der Waals surface area contributed by atoms with Gasteiger partial charge in [-0.2, -0.15) is 0 Å².